The van der Waals surface area contributed by atoms with Crippen LogP contribution in [0.3, 0.4) is 0 Å². The minimum absolute atomic E-state index is 0.00586. The highest BCUT2D eigenvalue weighted by atomic mass is 16.3. The highest BCUT2D eigenvalue weighted by molar-refractivity contribution is 5.92. The van der Waals surface area contributed by atoms with Crippen molar-refractivity contribution in [2.75, 3.05) is 19.6 Å². The normalized spacial score (nSPS) is 12.0. The van der Waals surface area contributed by atoms with Crippen molar-refractivity contribution in [3.05, 3.63) is 95.6 Å². The smallest absolute Gasteiger partial charge is 0.243 e. The average molecular weight is 661 g/mol. The van der Waals surface area contributed by atoms with Crippen LogP contribution in [0.4, 0.5) is 0 Å². The van der Waals surface area contributed by atoms with Crippen LogP contribution in [0.25, 0.3) is 0 Å². The van der Waals surface area contributed by atoms with Crippen molar-refractivity contribution in [3.63, 3.8) is 0 Å². The average Bonchev–Trinajstić information content (AvgIpc) is 3.04. The first kappa shape index (κ1) is 36.8. The highest BCUT2D eigenvalue weighted by Crippen LogP contribution is 2.16. The molecule has 14 nitrogen and oxygen atoms in total. The summed E-state index contributed by atoms with van der Waals surface area (Å²) in [7, 11) is 0. The van der Waals surface area contributed by atoms with Gasteiger partial charge in [0.15, 0.2) is 5.96 Å². The monoisotopic (exact) mass is 660 g/mol. The van der Waals surface area contributed by atoms with E-state index < -0.39 is 35.7 Å². The molecule has 0 aliphatic heterocycles. The van der Waals surface area contributed by atoms with Gasteiger partial charge >= 0.3 is 0 Å². The Labute approximate surface area is 279 Å². The Morgan fingerprint density at radius 3 is 1.85 bits per heavy atom. The second-order valence-corrected chi connectivity index (χ2v) is 11.3. The molecule has 0 saturated carbocycles. The fraction of sp³-hybridized carbons (Fsp3) is 0.324. The van der Waals surface area contributed by atoms with Crippen LogP contribution in [-0.2, 0) is 38.7 Å². The van der Waals surface area contributed by atoms with Crippen molar-refractivity contribution < 1.29 is 29.4 Å². The van der Waals surface area contributed by atoms with Gasteiger partial charge in [-0.3, -0.25) is 29.1 Å². The summed E-state index contributed by atoms with van der Waals surface area (Å²) < 4.78 is 0. The maximum Gasteiger partial charge on any atom is 0.243 e. The van der Waals surface area contributed by atoms with Crippen molar-refractivity contribution >= 4 is 29.6 Å². The van der Waals surface area contributed by atoms with Gasteiger partial charge in [0.1, 0.15) is 23.6 Å². The number of nitrogens with two attached hydrogens (primary N) is 3. The molecule has 48 heavy (non-hydrogen) atoms. The van der Waals surface area contributed by atoms with Crippen LogP contribution >= 0.6 is 0 Å². The van der Waals surface area contributed by atoms with E-state index in [0.717, 1.165) is 16.7 Å². The Kier molecular flexibility index (Phi) is 14.7. The Morgan fingerprint density at radius 1 is 0.729 bits per heavy atom. The molecule has 3 rings (SSSR count). The van der Waals surface area contributed by atoms with Crippen LogP contribution < -0.4 is 33.2 Å². The zero-order valence-electron chi connectivity index (χ0n) is 26.7. The Hall–Kier alpha value is -5.63. The van der Waals surface area contributed by atoms with E-state index >= 15 is 0 Å². The number of benzene rings is 3. The molecule has 0 unspecified atom stereocenters. The van der Waals surface area contributed by atoms with Crippen LogP contribution in [0, 0.1) is 0 Å². The predicted molar refractivity (Wildman–Crippen MR) is 181 cm³/mol. The minimum atomic E-state index is -1.03. The van der Waals surface area contributed by atoms with Gasteiger partial charge in [-0.05, 0) is 53.8 Å². The third-order valence-electron chi connectivity index (χ3n) is 7.24. The van der Waals surface area contributed by atoms with Crippen LogP contribution in [0.15, 0.2) is 83.9 Å². The first-order chi connectivity index (χ1) is 23.0. The van der Waals surface area contributed by atoms with E-state index in [1.165, 1.54) is 0 Å². The maximum absolute atomic E-state index is 13.7. The molecule has 11 N–H and O–H groups in total. The van der Waals surface area contributed by atoms with Gasteiger partial charge in [0.05, 0.1) is 6.54 Å². The van der Waals surface area contributed by atoms with Gasteiger partial charge in [0.2, 0.25) is 23.6 Å². The first-order valence-electron chi connectivity index (χ1n) is 15.5. The van der Waals surface area contributed by atoms with Crippen LogP contribution in [0.1, 0.15) is 36.0 Å². The zero-order chi connectivity index (χ0) is 34.9. The van der Waals surface area contributed by atoms with Crippen molar-refractivity contribution in [3.8, 4) is 11.5 Å². The number of hydrogen-bond acceptors (Lipinski definition) is 8. The first-order valence-corrected chi connectivity index (χ1v) is 15.5. The number of nitrogens with zero attached hydrogens (tertiary/aromatic N) is 2. The lowest BCUT2D eigenvalue weighted by molar-refractivity contribution is -0.132. The van der Waals surface area contributed by atoms with E-state index in [1.807, 2.05) is 35.2 Å². The molecular formula is C34H44N8O6. The van der Waals surface area contributed by atoms with Crippen molar-refractivity contribution in [1.29, 1.82) is 0 Å². The fourth-order valence-corrected chi connectivity index (χ4v) is 4.87. The molecule has 3 aromatic carbocycles. The predicted octanol–water partition coefficient (Wildman–Crippen LogP) is 0.358. The number of carbonyl (C=O) groups is 4. The highest BCUT2D eigenvalue weighted by Gasteiger charge is 2.27. The van der Waals surface area contributed by atoms with Gasteiger partial charge in [0, 0.05) is 39.0 Å². The van der Waals surface area contributed by atoms with E-state index in [9.17, 15) is 29.4 Å². The summed E-state index contributed by atoms with van der Waals surface area (Å²) in [6, 6.07) is 20.3. The molecule has 4 amide bonds. The molecule has 0 heterocycles. The number of hydrogen-bond donors (Lipinski definition) is 8. The summed E-state index contributed by atoms with van der Waals surface area (Å²) in [5, 5.41) is 27.6. The van der Waals surface area contributed by atoms with Crippen LogP contribution in [0.2, 0.25) is 0 Å². The molecule has 0 aromatic heterocycles. The van der Waals surface area contributed by atoms with E-state index in [-0.39, 0.29) is 56.4 Å². The zero-order valence-corrected chi connectivity index (χ0v) is 26.7. The molecule has 2 atom stereocenters. The maximum atomic E-state index is 13.7. The molecule has 0 aliphatic rings. The third-order valence-corrected chi connectivity index (χ3v) is 7.24. The molecule has 3 aromatic rings. The molecular weight excluding hydrogens is 616 g/mol. The Morgan fingerprint density at radius 2 is 1.31 bits per heavy atom. The molecule has 0 saturated heterocycles. The quantitative estimate of drug-likeness (QED) is 0.0502. The standard InChI is InChI=1S/C34H44N8O6/c35-30(45)16-18-38-32(47)29(19-23-5-2-1-3-6-23)41-33(48)28(7-4-17-39-34(36)37)40-31(46)22-42(20-24-8-12-26(43)13-9-24)21-25-10-14-27(44)15-11-25/h1-3,5-6,8-15,28-29,43-44H,4,7,16-22H2,(H2,35,45)(H,38,47)(H,40,46)(H,41,48)(H4,36,37,39)/t28-,29-/m0/s1. The lowest BCUT2D eigenvalue weighted by Gasteiger charge is -2.26. The number of phenolic OH excluding ortho intramolecular Hbond substituents is 2. The number of carbonyl (C=O) groups excluding carboxylic acids is 4. The summed E-state index contributed by atoms with van der Waals surface area (Å²) in [6.45, 7) is 0.824. The molecule has 256 valence electrons. The van der Waals surface area contributed by atoms with Crippen molar-refractivity contribution in [1.82, 2.24) is 20.9 Å². The number of guanidine groups is 1. The number of aromatic hydroxyl groups is 2. The van der Waals surface area contributed by atoms with Crippen molar-refractivity contribution in [2.45, 2.75) is 50.9 Å². The second kappa shape index (κ2) is 19.1. The molecule has 14 heteroatoms. The SMILES string of the molecule is NC(=O)CCNC(=O)[C@H](Cc1ccccc1)NC(=O)[C@H](CCCN=C(N)N)NC(=O)CN(Cc1ccc(O)cc1)Cc1ccc(O)cc1. The fourth-order valence-electron chi connectivity index (χ4n) is 4.87. The minimum Gasteiger partial charge on any atom is -0.508 e. The van der Waals surface area contributed by atoms with Gasteiger partial charge in [-0.2, -0.15) is 0 Å². The topological polar surface area (TPSA) is 238 Å². The number of primary amides is 1. The van der Waals surface area contributed by atoms with Crippen molar-refractivity contribution in [2.24, 2.45) is 22.2 Å². The number of amides is 4. The lowest BCUT2D eigenvalue weighted by atomic mass is 10.0. The van der Waals surface area contributed by atoms with Gasteiger partial charge in [-0.15, -0.1) is 0 Å². The van der Waals surface area contributed by atoms with Gasteiger partial charge in [-0.1, -0.05) is 54.6 Å². The lowest BCUT2D eigenvalue weighted by Crippen LogP contribution is -2.55. The third kappa shape index (κ3) is 13.8. The van der Waals surface area contributed by atoms with E-state index in [1.54, 1.807) is 48.5 Å². The second-order valence-electron chi connectivity index (χ2n) is 11.3. The number of aliphatic imine (C=N–C) groups is 1. The summed E-state index contributed by atoms with van der Waals surface area (Å²) in [5.74, 6) is -1.98. The number of rotatable bonds is 19. The summed E-state index contributed by atoms with van der Waals surface area (Å²) in [4.78, 5) is 57.4. The summed E-state index contributed by atoms with van der Waals surface area (Å²) in [5.41, 5.74) is 18.6. The molecule has 0 spiro atoms. The molecule has 0 radical (unpaired) electrons. The van der Waals surface area contributed by atoms with Gasteiger partial charge in [-0.25, -0.2) is 0 Å². The van der Waals surface area contributed by atoms with E-state index in [4.69, 9.17) is 17.2 Å². The van der Waals surface area contributed by atoms with Gasteiger partial charge < -0.3 is 43.4 Å². The van der Waals surface area contributed by atoms with Crippen LogP contribution in [-0.4, -0.2) is 76.4 Å². The Balaban J connectivity index is 1.78. The molecule has 0 bridgehead atoms. The summed E-state index contributed by atoms with van der Waals surface area (Å²) >= 11 is 0. The number of nitrogens with one attached hydrogen (secondary N) is 3. The summed E-state index contributed by atoms with van der Waals surface area (Å²) in [6.07, 6.45) is 0.628. The number of phenols is 2. The molecule has 0 aliphatic carbocycles. The molecule has 0 fully saturated rings. The van der Waals surface area contributed by atoms with E-state index in [2.05, 4.69) is 20.9 Å². The van der Waals surface area contributed by atoms with Gasteiger partial charge in [0.25, 0.3) is 0 Å². The van der Waals surface area contributed by atoms with E-state index in [0.29, 0.717) is 19.5 Å². The van der Waals surface area contributed by atoms with Crippen LogP contribution in [0.5, 0.6) is 11.5 Å². The largest absolute Gasteiger partial charge is 0.508 e. The Bertz CT molecular complexity index is 1470.